The van der Waals surface area contributed by atoms with Crippen LogP contribution >= 0.6 is 11.6 Å². The van der Waals surface area contributed by atoms with Crippen LogP contribution in [0.2, 0.25) is 5.02 Å². The second-order valence-electron chi connectivity index (χ2n) is 10.9. The highest BCUT2D eigenvalue weighted by Crippen LogP contribution is 2.34. The maximum atomic E-state index is 12.8. The van der Waals surface area contributed by atoms with E-state index in [1.807, 2.05) is 29.3 Å². The van der Waals surface area contributed by atoms with E-state index in [1.54, 1.807) is 18.6 Å². The highest BCUT2D eigenvalue weighted by molar-refractivity contribution is 6.30. The number of pyridine rings is 2. The van der Waals surface area contributed by atoms with Crippen LogP contribution in [0.3, 0.4) is 0 Å². The van der Waals surface area contributed by atoms with E-state index in [0.717, 1.165) is 29.8 Å². The molecule has 3 aromatic heterocycles. The van der Waals surface area contributed by atoms with Gasteiger partial charge in [-0.15, -0.1) is 0 Å². The second kappa shape index (κ2) is 12.2. The Morgan fingerprint density at radius 3 is 2.50 bits per heavy atom. The van der Waals surface area contributed by atoms with E-state index in [0.29, 0.717) is 37.1 Å². The quantitative estimate of drug-likeness (QED) is 0.270. The molecule has 208 valence electrons. The second-order valence-corrected chi connectivity index (χ2v) is 11.3. The lowest BCUT2D eigenvalue weighted by Gasteiger charge is -2.39. The van der Waals surface area contributed by atoms with E-state index < -0.39 is 0 Å². The number of benzene rings is 1. The zero-order chi connectivity index (χ0) is 28.1. The topological polar surface area (TPSA) is 90.0 Å². The lowest BCUT2D eigenvalue weighted by atomic mass is 9.77. The van der Waals surface area contributed by atoms with Crippen LogP contribution in [0.25, 0.3) is 0 Å². The SMILES string of the molecule is Cc1cc(Cl)cnc1CN(Cc1ncccc1C(C)(C)c1ccccc1)C1CCN(C(=O)Nc2ncc[nH]2)CC1. The number of aromatic amines is 1. The number of piperidine rings is 1. The number of aromatic nitrogens is 4. The number of hydrogen-bond donors (Lipinski definition) is 2. The Labute approximate surface area is 240 Å². The van der Waals surface area contributed by atoms with Crippen molar-refractivity contribution in [3.63, 3.8) is 0 Å². The summed E-state index contributed by atoms with van der Waals surface area (Å²) >= 11 is 6.22. The van der Waals surface area contributed by atoms with Gasteiger partial charge in [-0.1, -0.05) is 61.8 Å². The summed E-state index contributed by atoms with van der Waals surface area (Å²) in [4.78, 5) is 33.7. The van der Waals surface area contributed by atoms with Crippen LogP contribution in [0.1, 0.15) is 54.8 Å². The average Bonchev–Trinajstić information content (AvgIpc) is 3.48. The first-order valence-corrected chi connectivity index (χ1v) is 14.1. The fourth-order valence-corrected chi connectivity index (χ4v) is 5.74. The smallest absolute Gasteiger partial charge is 0.324 e. The van der Waals surface area contributed by atoms with Crippen molar-refractivity contribution in [2.75, 3.05) is 18.4 Å². The van der Waals surface area contributed by atoms with Crippen LogP contribution in [0.4, 0.5) is 10.7 Å². The van der Waals surface area contributed by atoms with Crippen LogP contribution in [-0.4, -0.2) is 54.9 Å². The molecule has 1 fully saturated rings. The molecule has 2 N–H and O–H groups in total. The molecule has 0 unspecified atom stereocenters. The number of amides is 2. The first-order valence-electron chi connectivity index (χ1n) is 13.7. The molecule has 1 saturated heterocycles. The van der Waals surface area contributed by atoms with Crippen molar-refractivity contribution in [3.8, 4) is 0 Å². The number of anilines is 1. The summed E-state index contributed by atoms with van der Waals surface area (Å²) < 4.78 is 0. The molecule has 1 aromatic carbocycles. The van der Waals surface area contributed by atoms with Gasteiger partial charge in [-0.05, 0) is 48.6 Å². The first kappa shape index (κ1) is 27.8. The average molecular weight is 558 g/mol. The van der Waals surface area contributed by atoms with Crippen molar-refractivity contribution in [3.05, 3.63) is 106 Å². The minimum absolute atomic E-state index is 0.133. The van der Waals surface area contributed by atoms with Gasteiger partial charge in [0.25, 0.3) is 0 Å². The molecule has 0 spiro atoms. The molecule has 4 heterocycles. The van der Waals surface area contributed by atoms with Gasteiger partial charge < -0.3 is 9.88 Å². The summed E-state index contributed by atoms with van der Waals surface area (Å²) in [5, 5.41) is 3.48. The van der Waals surface area contributed by atoms with Gasteiger partial charge in [0.05, 0.1) is 16.4 Å². The summed E-state index contributed by atoms with van der Waals surface area (Å²) in [6, 6.07) is 16.9. The summed E-state index contributed by atoms with van der Waals surface area (Å²) in [6.45, 7) is 9.24. The summed E-state index contributed by atoms with van der Waals surface area (Å²) in [7, 11) is 0. The monoisotopic (exact) mass is 557 g/mol. The predicted octanol–water partition coefficient (Wildman–Crippen LogP) is 6.19. The fourth-order valence-electron chi connectivity index (χ4n) is 5.52. The van der Waals surface area contributed by atoms with Gasteiger partial charge in [-0.25, -0.2) is 9.78 Å². The van der Waals surface area contributed by atoms with Gasteiger partial charge in [-0.2, -0.15) is 0 Å². The lowest BCUT2D eigenvalue weighted by molar-refractivity contribution is 0.106. The third-order valence-corrected chi connectivity index (χ3v) is 8.12. The summed E-state index contributed by atoms with van der Waals surface area (Å²) in [6.07, 6.45) is 8.61. The van der Waals surface area contributed by atoms with Crippen LogP contribution < -0.4 is 5.32 Å². The largest absolute Gasteiger partial charge is 0.331 e. The maximum Gasteiger partial charge on any atom is 0.324 e. The van der Waals surface area contributed by atoms with Crippen LogP contribution in [0.5, 0.6) is 0 Å². The molecular weight excluding hydrogens is 522 g/mol. The van der Waals surface area contributed by atoms with E-state index in [2.05, 4.69) is 76.3 Å². The van der Waals surface area contributed by atoms with E-state index in [9.17, 15) is 4.79 Å². The number of urea groups is 1. The number of H-pyrrole nitrogens is 1. The molecule has 1 aliphatic rings. The molecule has 8 nitrogen and oxygen atoms in total. The molecule has 4 aromatic rings. The molecule has 0 radical (unpaired) electrons. The Balaban J connectivity index is 1.38. The van der Waals surface area contributed by atoms with Crippen molar-refractivity contribution >= 4 is 23.6 Å². The number of aryl methyl sites for hydroxylation is 1. The standard InChI is InChI=1S/C31H36ClN7O/c1-22-18-24(32)19-36-27(22)20-39(25-11-16-38(17-12-25)30(40)37-29-34-14-15-35-29)21-28-26(10-7-13-33-28)31(2,3)23-8-5-4-6-9-23/h4-10,13-15,18-19,25H,11-12,16-17,20-21H2,1-3H3,(H2,34,35,37,40). The normalized spacial score (nSPS) is 14.5. The number of nitrogens with zero attached hydrogens (tertiary/aromatic N) is 5. The van der Waals surface area contributed by atoms with E-state index in [4.69, 9.17) is 16.6 Å². The number of halogens is 1. The van der Waals surface area contributed by atoms with E-state index in [-0.39, 0.29) is 17.5 Å². The number of imidazole rings is 1. The number of rotatable bonds is 8. The zero-order valence-electron chi connectivity index (χ0n) is 23.3. The van der Waals surface area contributed by atoms with Crippen molar-refractivity contribution in [1.82, 2.24) is 29.7 Å². The van der Waals surface area contributed by atoms with Crippen LogP contribution in [-0.2, 0) is 18.5 Å². The molecule has 0 saturated carbocycles. The van der Waals surface area contributed by atoms with E-state index in [1.165, 1.54) is 11.1 Å². The highest BCUT2D eigenvalue weighted by atomic mass is 35.5. The van der Waals surface area contributed by atoms with Gasteiger partial charge in [-0.3, -0.25) is 20.2 Å². The number of likely N-dealkylation sites (tertiary alicyclic amines) is 1. The number of carbonyl (C=O) groups excluding carboxylic acids is 1. The van der Waals surface area contributed by atoms with Crippen LogP contribution in [0, 0.1) is 6.92 Å². The fraction of sp³-hybridized carbons (Fsp3) is 0.355. The molecular formula is C31H36ClN7O. The number of carbonyl (C=O) groups is 1. The summed E-state index contributed by atoms with van der Waals surface area (Å²) in [5.41, 5.74) is 5.38. The van der Waals surface area contributed by atoms with Gasteiger partial charge in [0.1, 0.15) is 0 Å². The minimum atomic E-state index is -0.210. The van der Waals surface area contributed by atoms with Gasteiger partial charge >= 0.3 is 6.03 Å². The summed E-state index contributed by atoms with van der Waals surface area (Å²) in [5.74, 6) is 0.460. The van der Waals surface area contributed by atoms with Gasteiger partial charge in [0.15, 0.2) is 0 Å². The molecule has 1 aliphatic heterocycles. The predicted molar refractivity (Wildman–Crippen MR) is 158 cm³/mol. The third kappa shape index (κ3) is 6.35. The first-order chi connectivity index (χ1) is 19.3. The maximum absolute atomic E-state index is 12.8. The highest BCUT2D eigenvalue weighted by Gasteiger charge is 2.31. The van der Waals surface area contributed by atoms with Gasteiger partial charge in [0.2, 0.25) is 5.95 Å². The van der Waals surface area contributed by atoms with Gasteiger partial charge in [0, 0.05) is 62.4 Å². The minimum Gasteiger partial charge on any atom is -0.331 e. The van der Waals surface area contributed by atoms with E-state index >= 15 is 0 Å². The molecule has 0 atom stereocenters. The molecule has 40 heavy (non-hydrogen) atoms. The van der Waals surface area contributed by atoms with Crippen LogP contribution in [0.15, 0.2) is 73.3 Å². The number of hydrogen-bond acceptors (Lipinski definition) is 5. The molecule has 9 heteroatoms. The lowest BCUT2D eigenvalue weighted by Crippen LogP contribution is -2.48. The number of nitrogens with one attached hydrogen (secondary N) is 2. The van der Waals surface area contributed by atoms with Crippen molar-refractivity contribution in [2.24, 2.45) is 0 Å². The molecule has 2 amide bonds. The van der Waals surface area contributed by atoms with Crippen molar-refractivity contribution < 1.29 is 4.79 Å². The molecule has 5 rings (SSSR count). The van der Waals surface area contributed by atoms with Crippen molar-refractivity contribution in [1.29, 1.82) is 0 Å². The Kier molecular flexibility index (Phi) is 8.47. The Morgan fingerprint density at radius 2 is 1.80 bits per heavy atom. The molecule has 0 bridgehead atoms. The zero-order valence-corrected chi connectivity index (χ0v) is 24.0. The third-order valence-electron chi connectivity index (χ3n) is 7.91. The Morgan fingerprint density at radius 1 is 1.05 bits per heavy atom. The Hall–Kier alpha value is -3.75. The molecule has 0 aliphatic carbocycles. The van der Waals surface area contributed by atoms with Crippen molar-refractivity contribution in [2.45, 2.75) is 58.2 Å². The Bertz CT molecular complexity index is 1420.